The second-order valence-electron chi connectivity index (χ2n) is 4.39. The molecule has 0 fully saturated rings. The summed E-state index contributed by atoms with van der Waals surface area (Å²) in [5, 5.41) is 1.66. The molecular weight excluding hydrogens is 242 g/mol. The molecule has 0 aliphatic rings. The topological polar surface area (TPSA) is 12.9 Å². The molecule has 0 saturated carbocycles. The lowest BCUT2D eigenvalue weighted by Crippen LogP contribution is -1.86. The van der Waals surface area contributed by atoms with Crippen molar-refractivity contribution in [3.05, 3.63) is 65.3 Å². The number of pyridine rings is 1. The van der Waals surface area contributed by atoms with E-state index >= 15 is 0 Å². The maximum atomic E-state index is 6.28. The maximum absolute atomic E-state index is 6.28. The molecule has 18 heavy (non-hydrogen) atoms. The normalized spacial score (nSPS) is 10.8. The third-order valence-electron chi connectivity index (χ3n) is 3.01. The third kappa shape index (κ3) is 1.98. The van der Waals surface area contributed by atoms with Crippen LogP contribution in [0.15, 0.2) is 54.6 Å². The minimum atomic E-state index is 0.555. The number of aromatic nitrogens is 1. The highest BCUT2D eigenvalue weighted by molar-refractivity contribution is 6.32. The predicted octanol–water partition coefficient (Wildman–Crippen LogP) is 4.86. The van der Waals surface area contributed by atoms with Gasteiger partial charge in [0.25, 0.3) is 0 Å². The number of hydrogen-bond donors (Lipinski definition) is 0. The molecule has 1 nitrogen and oxygen atoms in total. The van der Waals surface area contributed by atoms with E-state index in [-0.39, 0.29) is 0 Å². The summed E-state index contributed by atoms with van der Waals surface area (Å²) in [6, 6.07) is 18.4. The van der Waals surface area contributed by atoms with Crippen molar-refractivity contribution in [1.82, 2.24) is 4.98 Å². The second kappa shape index (κ2) is 4.43. The van der Waals surface area contributed by atoms with E-state index in [2.05, 4.69) is 42.2 Å². The summed E-state index contributed by atoms with van der Waals surface area (Å²) < 4.78 is 0. The Morgan fingerprint density at radius 1 is 0.944 bits per heavy atom. The zero-order chi connectivity index (χ0) is 12.5. The van der Waals surface area contributed by atoms with Gasteiger partial charge in [-0.25, -0.2) is 4.98 Å². The van der Waals surface area contributed by atoms with Crippen LogP contribution in [0.5, 0.6) is 0 Å². The molecule has 0 saturated heterocycles. The van der Waals surface area contributed by atoms with Gasteiger partial charge in [0.15, 0.2) is 0 Å². The van der Waals surface area contributed by atoms with Crippen LogP contribution in [0.25, 0.3) is 22.0 Å². The molecule has 2 heteroatoms. The Labute approximate surface area is 111 Å². The van der Waals surface area contributed by atoms with Crippen LogP contribution in [-0.2, 0) is 0 Å². The number of nitrogens with zero attached hydrogens (tertiary/aromatic N) is 1. The van der Waals surface area contributed by atoms with Crippen molar-refractivity contribution in [2.75, 3.05) is 0 Å². The zero-order valence-electron chi connectivity index (χ0n) is 10.0. The third-order valence-corrected chi connectivity index (χ3v) is 3.29. The van der Waals surface area contributed by atoms with E-state index in [1.807, 2.05) is 24.3 Å². The summed E-state index contributed by atoms with van der Waals surface area (Å²) >= 11 is 6.28. The minimum Gasteiger partial charge on any atom is -0.235 e. The molecule has 0 aliphatic heterocycles. The van der Waals surface area contributed by atoms with Gasteiger partial charge in [0.2, 0.25) is 0 Å². The van der Waals surface area contributed by atoms with Crippen LogP contribution in [0.2, 0.25) is 5.15 Å². The highest BCUT2D eigenvalue weighted by Gasteiger charge is 2.07. The van der Waals surface area contributed by atoms with Crippen molar-refractivity contribution >= 4 is 22.5 Å². The number of benzene rings is 2. The Kier molecular flexibility index (Phi) is 2.77. The first-order valence-corrected chi connectivity index (χ1v) is 6.24. The fourth-order valence-electron chi connectivity index (χ4n) is 2.11. The Morgan fingerprint density at radius 3 is 2.61 bits per heavy atom. The fraction of sp³-hybridized carbons (Fsp3) is 0.0625. The lowest BCUT2D eigenvalue weighted by Gasteiger charge is -2.07. The van der Waals surface area contributed by atoms with E-state index in [0.717, 1.165) is 22.0 Å². The molecule has 0 atom stereocenters. The maximum Gasteiger partial charge on any atom is 0.137 e. The summed E-state index contributed by atoms with van der Waals surface area (Å²) in [4.78, 5) is 4.45. The highest BCUT2D eigenvalue weighted by Crippen LogP contribution is 2.30. The molecule has 0 spiro atoms. The molecule has 1 aromatic heterocycles. The van der Waals surface area contributed by atoms with Gasteiger partial charge in [0.1, 0.15) is 5.15 Å². The number of aryl methyl sites for hydroxylation is 1. The van der Waals surface area contributed by atoms with Crippen LogP contribution in [0.1, 0.15) is 5.56 Å². The lowest BCUT2D eigenvalue weighted by atomic mass is 10.0. The van der Waals surface area contributed by atoms with Crippen LogP contribution in [0.3, 0.4) is 0 Å². The quantitative estimate of drug-likeness (QED) is 0.564. The molecule has 3 rings (SSSR count). The first kappa shape index (κ1) is 11.2. The SMILES string of the molecule is Cc1cccc(-c2cc3ccccc3nc2Cl)c1. The number of rotatable bonds is 1. The van der Waals surface area contributed by atoms with E-state index in [1.165, 1.54) is 5.56 Å². The lowest BCUT2D eigenvalue weighted by molar-refractivity contribution is 1.40. The largest absolute Gasteiger partial charge is 0.235 e. The van der Waals surface area contributed by atoms with Crippen molar-refractivity contribution in [1.29, 1.82) is 0 Å². The van der Waals surface area contributed by atoms with Crippen LogP contribution in [0.4, 0.5) is 0 Å². The first-order valence-electron chi connectivity index (χ1n) is 5.86. The first-order chi connectivity index (χ1) is 8.74. The molecule has 1 heterocycles. The molecule has 88 valence electrons. The van der Waals surface area contributed by atoms with E-state index in [0.29, 0.717) is 5.15 Å². The molecule has 0 unspecified atom stereocenters. The van der Waals surface area contributed by atoms with Gasteiger partial charge in [-0.2, -0.15) is 0 Å². The smallest absolute Gasteiger partial charge is 0.137 e. The minimum absolute atomic E-state index is 0.555. The summed E-state index contributed by atoms with van der Waals surface area (Å²) in [5.41, 5.74) is 4.24. The number of halogens is 1. The molecule has 0 amide bonds. The Bertz CT molecular complexity index is 719. The van der Waals surface area contributed by atoms with Gasteiger partial charge in [-0.3, -0.25) is 0 Å². The zero-order valence-corrected chi connectivity index (χ0v) is 10.8. The van der Waals surface area contributed by atoms with Gasteiger partial charge in [-0.05, 0) is 24.6 Å². The summed E-state index contributed by atoms with van der Waals surface area (Å²) in [7, 11) is 0. The van der Waals surface area contributed by atoms with Gasteiger partial charge in [-0.15, -0.1) is 0 Å². The van der Waals surface area contributed by atoms with Gasteiger partial charge in [-0.1, -0.05) is 59.6 Å². The van der Waals surface area contributed by atoms with Crippen molar-refractivity contribution in [3.63, 3.8) is 0 Å². The molecule has 0 bridgehead atoms. The van der Waals surface area contributed by atoms with E-state index in [4.69, 9.17) is 11.6 Å². The van der Waals surface area contributed by atoms with Crippen molar-refractivity contribution in [2.45, 2.75) is 6.92 Å². The summed E-state index contributed by atoms with van der Waals surface area (Å²) in [6.07, 6.45) is 0. The van der Waals surface area contributed by atoms with Crippen LogP contribution < -0.4 is 0 Å². The van der Waals surface area contributed by atoms with E-state index in [1.54, 1.807) is 0 Å². The number of para-hydroxylation sites is 1. The van der Waals surface area contributed by atoms with Gasteiger partial charge in [0, 0.05) is 10.9 Å². The molecule has 0 aliphatic carbocycles. The fourth-order valence-corrected chi connectivity index (χ4v) is 2.36. The predicted molar refractivity (Wildman–Crippen MR) is 76.9 cm³/mol. The Balaban J connectivity index is 2.26. The molecular formula is C16H12ClN. The van der Waals surface area contributed by atoms with Crippen molar-refractivity contribution in [2.24, 2.45) is 0 Å². The van der Waals surface area contributed by atoms with Crippen LogP contribution >= 0.6 is 11.6 Å². The van der Waals surface area contributed by atoms with Gasteiger partial charge < -0.3 is 0 Å². The van der Waals surface area contributed by atoms with Crippen LogP contribution in [-0.4, -0.2) is 4.98 Å². The molecule has 0 N–H and O–H groups in total. The highest BCUT2D eigenvalue weighted by atomic mass is 35.5. The summed E-state index contributed by atoms with van der Waals surface area (Å²) in [5.74, 6) is 0. The molecule has 0 radical (unpaired) electrons. The molecule has 3 aromatic rings. The summed E-state index contributed by atoms with van der Waals surface area (Å²) in [6.45, 7) is 2.08. The van der Waals surface area contributed by atoms with Crippen molar-refractivity contribution < 1.29 is 0 Å². The van der Waals surface area contributed by atoms with Crippen molar-refractivity contribution in [3.8, 4) is 11.1 Å². The number of fused-ring (bicyclic) bond motifs is 1. The Morgan fingerprint density at radius 2 is 1.78 bits per heavy atom. The average molecular weight is 254 g/mol. The number of hydrogen-bond acceptors (Lipinski definition) is 1. The monoisotopic (exact) mass is 253 g/mol. The van der Waals surface area contributed by atoms with Crippen LogP contribution in [0, 0.1) is 6.92 Å². The van der Waals surface area contributed by atoms with Gasteiger partial charge in [0.05, 0.1) is 5.52 Å². The van der Waals surface area contributed by atoms with E-state index < -0.39 is 0 Å². The standard InChI is InChI=1S/C16H12ClN/c1-11-5-4-7-12(9-11)14-10-13-6-2-3-8-15(13)18-16(14)17/h2-10H,1H3. The van der Waals surface area contributed by atoms with Gasteiger partial charge >= 0.3 is 0 Å². The average Bonchev–Trinajstić information content (AvgIpc) is 2.38. The van der Waals surface area contributed by atoms with E-state index in [9.17, 15) is 0 Å². The second-order valence-corrected chi connectivity index (χ2v) is 4.75. The Hall–Kier alpha value is -1.86. The molecule has 2 aromatic carbocycles.